The zero-order chi connectivity index (χ0) is 12.5. The third-order valence-corrected chi connectivity index (χ3v) is 5.97. The van der Waals surface area contributed by atoms with Crippen molar-refractivity contribution in [2.75, 3.05) is 0 Å². The van der Waals surface area contributed by atoms with Crippen LogP contribution in [0.2, 0.25) is 0 Å². The van der Waals surface area contributed by atoms with Crippen molar-refractivity contribution in [3.05, 3.63) is 0 Å². The van der Waals surface area contributed by atoms with E-state index in [-0.39, 0.29) is 5.92 Å². The number of hydrogen-bond acceptors (Lipinski definition) is 1. The van der Waals surface area contributed by atoms with Gasteiger partial charge in [0.2, 0.25) is 0 Å². The van der Waals surface area contributed by atoms with Gasteiger partial charge >= 0.3 is 5.97 Å². The minimum Gasteiger partial charge on any atom is -0.481 e. The van der Waals surface area contributed by atoms with E-state index in [2.05, 4.69) is 0 Å². The lowest BCUT2D eigenvalue weighted by Crippen LogP contribution is -2.26. The minimum atomic E-state index is -0.523. The highest BCUT2D eigenvalue weighted by atomic mass is 16.4. The Balaban J connectivity index is 1.63. The molecule has 0 spiro atoms. The van der Waals surface area contributed by atoms with Crippen molar-refractivity contribution < 1.29 is 9.90 Å². The molecule has 18 heavy (non-hydrogen) atoms. The highest BCUT2D eigenvalue weighted by molar-refractivity contribution is 5.70. The average molecular weight is 250 g/mol. The largest absolute Gasteiger partial charge is 0.481 e. The topological polar surface area (TPSA) is 37.3 Å². The van der Waals surface area contributed by atoms with Gasteiger partial charge in [-0.3, -0.25) is 4.79 Å². The summed E-state index contributed by atoms with van der Waals surface area (Å²) in [4.78, 5) is 11.5. The molecule has 102 valence electrons. The number of hydrogen-bond donors (Lipinski definition) is 1. The SMILES string of the molecule is O=C(O)C1CCCCCC1CC1CC2CCC1C2. The fourth-order valence-electron chi connectivity index (χ4n) is 5.05. The number of rotatable bonds is 3. The van der Waals surface area contributed by atoms with Crippen LogP contribution in [0.4, 0.5) is 0 Å². The van der Waals surface area contributed by atoms with E-state index >= 15 is 0 Å². The number of carboxylic acid groups (broad SMARTS) is 1. The molecule has 5 unspecified atom stereocenters. The van der Waals surface area contributed by atoms with Crippen molar-refractivity contribution in [2.24, 2.45) is 29.6 Å². The zero-order valence-corrected chi connectivity index (χ0v) is 11.3. The van der Waals surface area contributed by atoms with E-state index < -0.39 is 5.97 Å². The lowest BCUT2D eigenvalue weighted by molar-refractivity contribution is -0.144. The molecule has 0 saturated heterocycles. The minimum absolute atomic E-state index is 0.0355. The van der Waals surface area contributed by atoms with Gasteiger partial charge in [0.25, 0.3) is 0 Å². The number of carboxylic acids is 1. The van der Waals surface area contributed by atoms with Crippen LogP contribution in [0, 0.1) is 29.6 Å². The van der Waals surface area contributed by atoms with Gasteiger partial charge in [-0.25, -0.2) is 0 Å². The maximum absolute atomic E-state index is 11.5. The van der Waals surface area contributed by atoms with Crippen molar-refractivity contribution in [2.45, 2.75) is 64.2 Å². The fraction of sp³-hybridized carbons (Fsp3) is 0.938. The molecule has 5 atom stereocenters. The van der Waals surface area contributed by atoms with Crippen LogP contribution in [-0.2, 0) is 4.79 Å². The predicted octanol–water partition coefficient (Wildman–Crippen LogP) is 4.09. The molecule has 3 saturated carbocycles. The molecule has 1 N–H and O–H groups in total. The first-order valence-corrected chi connectivity index (χ1v) is 7.97. The standard InChI is InChI=1S/C16H26O2/c17-16(18)15-5-3-1-2-4-13(15)10-14-9-11-6-7-12(14)8-11/h11-15H,1-10H2,(H,17,18). The van der Waals surface area contributed by atoms with Gasteiger partial charge in [-0.1, -0.05) is 25.7 Å². The molecule has 0 aromatic carbocycles. The van der Waals surface area contributed by atoms with Crippen molar-refractivity contribution >= 4 is 5.97 Å². The van der Waals surface area contributed by atoms with Crippen molar-refractivity contribution in [3.63, 3.8) is 0 Å². The number of aliphatic carboxylic acids is 1. The number of fused-ring (bicyclic) bond motifs is 2. The van der Waals surface area contributed by atoms with Crippen molar-refractivity contribution in [1.29, 1.82) is 0 Å². The van der Waals surface area contributed by atoms with Gasteiger partial charge in [0.05, 0.1) is 5.92 Å². The Bertz CT molecular complexity index is 312. The van der Waals surface area contributed by atoms with Crippen LogP contribution in [0.15, 0.2) is 0 Å². The summed E-state index contributed by atoms with van der Waals surface area (Å²) in [5.74, 6) is 2.74. The summed E-state index contributed by atoms with van der Waals surface area (Å²) in [6.07, 6.45) is 12.7. The first kappa shape index (κ1) is 12.5. The second kappa shape index (κ2) is 5.22. The number of carbonyl (C=O) groups is 1. The van der Waals surface area contributed by atoms with Gasteiger partial charge in [-0.05, 0) is 62.2 Å². The van der Waals surface area contributed by atoms with E-state index in [1.54, 1.807) is 0 Å². The fourth-order valence-corrected chi connectivity index (χ4v) is 5.05. The van der Waals surface area contributed by atoms with E-state index in [1.165, 1.54) is 51.4 Å². The Hall–Kier alpha value is -0.530. The second-order valence-electron chi connectivity index (χ2n) is 7.01. The molecule has 2 heteroatoms. The summed E-state index contributed by atoms with van der Waals surface area (Å²) >= 11 is 0. The molecule has 2 nitrogen and oxygen atoms in total. The normalized spacial score (nSPS) is 43.9. The lowest BCUT2D eigenvalue weighted by atomic mass is 9.76. The van der Waals surface area contributed by atoms with E-state index in [1.807, 2.05) is 0 Å². The highest BCUT2D eigenvalue weighted by Gasteiger charge is 2.41. The van der Waals surface area contributed by atoms with Crippen LogP contribution in [0.25, 0.3) is 0 Å². The van der Waals surface area contributed by atoms with Gasteiger partial charge in [0.15, 0.2) is 0 Å². The first-order valence-electron chi connectivity index (χ1n) is 7.97. The summed E-state index contributed by atoms with van der Waals surface area (Å²) in [7, 11) is 0. The molecule has 0 aromatic rings. The van der Waals surface area contributed by atoms with E-state index in [0.29, 0.717) is 5.92 Å². The van der Waals surface area contributed by atoms with E-state index in [0.717, 1.165) is 30.6 Å². The molecule has 0 heterocycles. The monoisotopic (exact) mass is 250 g/mol. The van der Waals surface area contributed by atoms with Gasteiger partial charge in [-0.2, -0.15) is 0 Å². The molecule has 0 aliphatic heterocycles. The van der Waals surface area contributed by atoms with E-state index in [9.17, 15) is 9.90 Å². The molecule has 0 radical (unpaired) electrons. The zero-order valence-electron chi connectivity index (χ0n) is 11.3. The Morgan fingerprint density at radius 3 is 2.44 bits per heavy atom. The molecule has 3 aliphatic carbocycles. The summed E-state index contributed by atoms with van der Waals surface area (Å²) < 4.78 is 0. The molecule has 0 aromatic heterocycles. The van der Waals surface area contributed by atoms with Crippen LogP contribution in [0.1, 0.15) is 64.2 Å². The van der Waals surface area contributed by atoms with Crippen LogP contribution < -0.4 is 0 Å². The van der Waals surface area contributed by atoms with Gasteiger partial charge in [0, 0.05) is 0 Å². The summed E-state index contributed by atoms with van der Waals surface area (Å²) in [5.41, 5.74) is 0. The lowest BCUT2D eigenvalue weighted by Gasteiger charge is -2.29. The van der Waals surface area contributed by atoms with Crippen LogP contribution in [-0.4, -0.2) is 11.1 Å². The molecule has 3 aliphatic rings. The van der Waals surface area contributed by atoms with E-state index in [4.69, 9.17) is 0 Å². The molecule has 2 bridgehead atoms. The van der Waals surface area contributed by atoms with Crippen molar-refractivity contribution in [1.82, 2.24) is 0 Å². The molecule has 3 fully saturated rings. The molecular formula is C16H26O2. The first-order chi connectivity index (χ1) is 8.74. The quantitative estimate of drug-likeness (QED) is 0.766. The Morgan fingerprint density at radius 1 is 0.944 bits per heavy atom. The van der Waals surface area contributed by atoms with Gasteiger partial charge in [0.1, 0.15) is 0 Å². The maximum atomic E-state index is 11.5. The average Bonchev–Trinajstić information content (AvgIpc) is 2.86. The Labute approximate surface area is 110 Å². The Kier molecular flexibility index (Phi) is 3.63. The predicted molar refractivity (Wildman–Crippen MR) is 71.3 cm³/mol. The molecule has 0 amide bonds. The molecule has 3 rings (SSSR count). The second-order valence-corrected chi connectivity index (χ2v) is 7.01. The highest BCUT2D eigenvalue weighted by Crippen LogP contribution is 2.51. The molecular weight excluding hydrogens is 224 g/mol. The summed E-state index contributed by atoms with van der Waals surface area (Å²) in [5, 5.41) is 9.44. The van der Waals surface area contributed by atoms with Gasteiger partial charge < -0.3 is 5.11 Å². The third kappa shape index (κ3) is 2.44. The Morgan fingerprint density at radius 2 is 1.78 bits per heavy atom. The maximum Gasteiger partial charge on any atom is 0.306 e. The van der Waals surface area contributed by atoms with Crippen LogP contribution in [0.5, 0.6) is 0 Å². The van der Waals surface area contributed by atoms with Crippen molar-refractivity contribution in [3.8, 4) is 0 Å². The summed E-state index contributed by atoms with van der Waals surface area (Å²) in [6.45, 7) is 0. The smallest absolute Gasteiger partial charge is 0.306 e. The van der Waals surface area contributed by atoms with Gasteiger partial charge in [-0.15, -0.1) is 0 Å². The third-order valence-electron chi connectivity index (χ3n) is 5.97. The van der Waals surface area contributed by atoms with Crippen LogP contribution >= 0.6 is 0 Å². The van der Waals surface area contributed by atoms with Crippen LogP contribution in [0.3, 0.4) is 0 Å². The summed E-state index contributed by atoms with van der Waals surface area (Å²) in [6, 6.07) is 0.